The molecule has 0 aromatic heterocycles. The fraction of sp³-hybridized carbons (Fsp3) is 0.200. The molecule has 0 radical (unpaired) electrons. The van der Waals surface area contributed by atoms with Gasteiger partial charge in [-0.25, -0.2) is 4.31 Å². The van der Waals surface area contributed by atoms with Gasteiger partial charge in [-0.1, -0.05) is 24.3 Å². The van der Waals surface area contributed by atoms with Crippen molar-refractivity contribution in [3.63, 3.8) is 0 Å². The van der Waals surface area contributed by atoms with Gasteiger partial charge in [0.05, 0.1) is 0 Å². The minimum Gasteiger partial charge on any atom is -0.246 e. The normalized spacial score (nSPS) is 10.2. The van der Waals surface area contributed by atoms with Crippen molar-refractivity contribution in [2.24, 2.45) is 0 Å². The SMILES string of the molecule is C=CCN(C)Sc1ccccc1. The predicted molar refractivity (Wildman–Crippen MR) is 55.1 cm³/mol. The highest BCUT2D eigenvalue weighted by atomic mass is 32.2. The molecule has 1 aromatic carbocycles. The van der Waals surface area contributed by atoms with E-state index in [4.69, 9.17) is 0 Å². The highest BCUT2D eigenvalue weighted by Crippen LogP contribution is 2.19. The Balaban J connectivity index is 2.46. The standard InChI is InChI=1S/C10H13NS/c1-3-9-11(2)12-10-7-5-4-6-8-10/h3-8H,1,9H2,2H3. The van der Waals surface area contributed by atoms with E-state index in [1.54, 1.807) is 11.9 Å². The molecule has 0 unspecified atom stereocenters. The van der Waals surface area contributed by atoms with E-state index in [0.29, 0.717) is 0 Å². The third-order valence-electron chi connectivity index (χ3n) is 1.39. The first-order valence-corrected chi connectivity index (χ1v) is 4.65. The summed E-state index contributed by atoms with van der Waals surface area (Å²) in [5.41, 5.74) is 0. The van der Waals surface area contributed by atoms with Gasteiger partial charge in [0.25, 0.3) is 0 Å². The van der Waals surface area contributed by atoms with Crippen LogP contribution < -0.4 is 0 Å². The molecule has 0 aliphatic heterocycles. The summed E-state index contributed by atoms with van der Waals surface area (Å²) in [6.45, 7) is 4.59. The van der Waals surface area contributed by atoms with Crippen LogP contribution in [0.5, 0.6) is 0 Å². The lowest BCUT2D eigenvalue weighted by Crippen LogP contribution is -2.07. The van der Waals surface area contributed by atoms with Gasteiger partial charge in [-0.2, -0.15) is 0 Å². The fourth-order valence-electron chi connectivity index (χ4n) is 0.880. The van der Waals surface area contributed by atoms with Gasteiger partial charge < -0.3 is 0 Å². The molecule has 0 saturated heterocycles. The zero-order chi connectivity index (χ0) is 8.81. The molecular weight excluding hydrogens is 166 g/mol. The molecule has 0 aliphatic rings. The molecule has 12 heavy (non-hydrogen) atoms. The summed E-state index contributed by atoms with van der Waals surface area (Å²) in [6.07, 6.45) is 1.90. The van der Waals surface area contributed by atoms with Gasteiger partial charge in [0.2, 0.25) is 0 Å². The van der Waals surface area contributed by atoms with E-state index in [9.17, 15) is 0 Å². The lowest BCUT2D eigenvalue weighted by Gasteiger charge is -2.11. The summed E-state index contributed by atoms with van der Waals surface area (Å²) >= 11 is 1.73. The Kier molecular flexibility index (Phi) is 3.91. The van der Waals surface area contributed by atoms with Crippen molar-refractivity contribution in [1.82, 2.24) is 4.31 Å². The van der Waals surface area contributed by atoms with Crippen LogP contribution in [0.15, 0.2) is 47.9 Å². The maximum Gasteiger partial charge on any atom is 0.0268 e. The van der Waals surface area contributed by atoms with Crippen LogP contribution in [0.2, 0.25) is 0 Å². The number of hydrogen-bond donors (Lipinski definition) is 0. The van der Waals surface area contributed by atoms with Crippen LogP contribution in [0.3, 0.4) is 0 Å². The van der Waals surface area contributed by atoms with Crippen LogP contribution in [-0.2, 0) is 0 Å². The topological polar surface area (TPSA) is 3.24 Å². The fourth-order valence-corrected chi connectivity index (χ4v) is 1.70. The Labute approximate surface area is 78.2 Å². The molecule has 0 spiro atoms. The Morgan fingerprint density at radius 1 is 1.42 bits per heavy atom. The van der Waals surface area contributed by atoms with Gasteiger partial charge in [0, 0.05) is 11.4 Å². The monoisotopic (exact) mass is 179 g/mol. The third-order valence-corrected chi connectivity index (χ3v) is 2.33. The lowest BCUT2D eigenvalue weighted by molar-refractivity contribution is 0.636. The summed E-state index contributed by atoms with van der Waals surface area (Å²) < 4.78 is 2.14. The summed E-state index contributed by atoms with van der Waals surface area (Å²) in [5, 5.41) is 0. The molecule has 0 fully saturated rings. The quantitative estimate of drug-likeness (QED) is 0.516. The van der Waals surface area contributed by atoms with Gasteiger partial charge in [0.1, 0.15) is 0 Å². The summed E-state index contributed by atoms with van der Waals surface area (Å²) in [6, 6.07) is 10.3. The molecule has 1 nitrogen and oxygen atoms in total. The number of rotatable bonds is 4. The Morgan fingerprint density at radius 3 is 2.67 bits per heavy atom. The first kappa shape index (κ1) is 9.36. The first-order chi connectivity index (χ1) is 5.83. The number of nitrogens with zero attached hydrogens (tertiary/aromatic N) is 1. The number of benzene rings is 1. The van der Waals surface area contributed by atoms with Crippen LogP contribution in [0.1, 0.15) is 0 Å². The van der Waals surface area contributed by atoms with Gasteiger partial charge in [-0.05, 0) is 31.1 Å². The average Bonchev–Trinajstić information content (AvgIpc) is 2.06. The zero-order valence-electron chi connectivity index (χ0n) is 7.23. The summed E-state index contributed by atoms with van der Waals surface area (Å²) in [5.74, 6) is 0. The minimum absolute atomic E-state index is 0.902. The van der Waals surface area contributed by atoms with Crippen molar-refractivity contribution in [2.45, 2.75) is 4.90 Å². The average molecular weight is 179 g/mol. The Hall–Kier alpha value is -0.730. The maximum absolute atomic E-state index is 3.69. The Bertz CT molecular complexity index is 233. The van der Waals surface area contributed by atoms with Crippen molar-refractivity contribution in [3.05, 3.63) is 43.0 Å². The Morgan fingerprint density at radius 2 is 2.08 bits per heavy atom. The van der Waals surface area contributed by atoms with Crippen LogP contribution >= 0.6 is 11.9 Å². The van der Waals surface area contributed by atoms with Crippen LogP contribution in [-0.4, -0.2) is 17.9 Å². The largest absolute Gasteiger partial charge is 0.246 e. The van der Waals surface area contributed by atoms with E-state index >= 15 is 0 Å². The zero-order valence-corrected chi connectivity index (χ0v) is 8.05. The molecule has 64 valence electrons. The van der Waals surface area contributed by atoms with E-state index < -0.39 is 0 Å². The van der Waals surface area contributed by atoms with Gasteiger partial charge in [-0.15, -0.1) is 6.58 Å². The second kappa shape index (κ2) is 5.01. The molecule has 1 rings (SSSR count). The highest BCUT2D eigenvalue weighted by molar-refractivity contribution is 7.97. The molecule has 0 heterocycles. The molecule has 0 saturated carbocycles. The number of hydrogen-bond acceptors (Lipinski definition) is 2. The van der Waals surface area contributed by atoms with Crippen LogP contribution in [0, 0.1) is 0 Å². The summed E-state index contributed by atoms with van der Waals surface area (Å²) in [7, 11) is 2.05. The third kappa shape index (κ3) is 3.11. The molecule has 0 amide bonds. The molecular formula is C10H13NS. The lowest BCUT2D eigenvalue weighted by atomic mass is 10.4. The van der Waals surface area contributed by atoms with Crippen molar-refractivity contribution < 1.29 is 0 Å². The van der Waals surface area contributed by atoms with Crippen molar-refractivity contribution in [1.29, 1.82) is 0 Å². The van der Waals surface area contributed by atoms with Gasteiger partial charge in [0.15, 0.2) is 0 Å². The summed E-state index contributed by atoms with van der Waals surface area (Å²) in [4.78, 5) is 1.27. The van der Waals surface area contributed by atoms with Gasteiger partial charge in [-0.3, -0.25) is 0 Å². The second-order valence-corrected chi connectivity index (χ2v) is 3.78. The molecule has 0 N–H and O–H groups in total. The van der Waals surface area contributed by atoms with Crippen molar-refractivity contribution in [3.8, 4) is 0 Å². The second-order valence-electron chi connectivity index (χ2n) is 2.50. The molecule has 0 atom stereocenters. The smallest absolute Gasteiger partial charge is 0.0268 e. The van der Waals surface area contributed by atoms with E-state index in [1.807, 2.05) is 24.3 Å². The molecule has 0 aliphatic carbocycles. The molecule has 1 aromatic rings. The molecule has 2 heteroatoms. The van der Waals surface area contributed by atoms with E-state index in [2.05, 4.69) is 30.1 Å². The maximum atomic E-state index is 3.69. The minimum atomic E-state index is 0.902. The van der Waals surface area contributed by atoms with Gasteiger partial charge >= 0.3 is 0 Å². The highest BCUT2D eigenvalue weighted by Gasteiger charge is 1.96. The van der Waals surface area contributed by atoms with Crippen LogP contribution in [0.4, 0.5) is 0 Å². The van der Waals surface area contributed by atoms with Crippen molar-refractivity contribution in [2.75, 3.05) is 13.6 Å². The first-order valence-electron chi connectivity index (χ1n) is 3.88. The predicted octanol–water partition coefficient (Wildman–Crippen LogP) is 2.81. The number of likely N-dealkylation sites (N-methyl/N-ethyl adjacent to an activating group) is 1. The van der Waals surface area contributed by atoms with Crippen LogP contribution in [0.25, 0.3) is 0 Å². The van der Waals surface area contributed by atoms with Crippen molar-refractivity contribution >= 4 is 11.9 Å². The molecule has 0 bridgehead atoms. The van der Waals surface area contributed by atoms with E-state index in [1.165, 1.54) is 4.90 Å². The van der Waals surface area contributed by atoms with E-state index in [-0.39, 0.29) is 0 Å². The van der Waals surface area contributed by atoms with E-state index in [0.717, 1.165) is 6.54 Å².